The fourth-order valence-electron chi connectivity index (χ4n) is 1.15. The summed E-state index contributed by atoms with van der Waals surface area (Å²) < 4.78 is 5.30. The van der Waals surface area contributed by atoms with Crippen molar-refractivity contribution in [2.24, 2.45) is 0 Å². The Labute approximate surface area is 92.4 Å². The number of hydrogen-bond acceptors (Lipinski definition) is 2. The third-order valence-corrected chi connectivity index (χ3v) is 2.41. The van der Waals surface area contributed by atoms with Gasteiger partial charge in [0.25, 0.3) is 0 Å². The molecular weight excluding hydrogens is 244 g/mol. The van der Waals surface area contributed by atoms with E-state index in [1.807, 2.05) is 31.2 Å². The van der Waals surface area contributed by atoms with Gasteiger partial charge in [0.1, 0.15) is 11.5 Å². The van der Waals surface area contributed by atoms with E-state index in [9.17, 15) is 4.79 Å². The van der Waals surface area contributed by atoms with Crippen molar-refractivity contribution in [2.45, 2.75) is 13.3 Å². The van der Waals surface area contributed by atoms with Crippen molar-refractivity contribution < 1.29 is 9.53 Å². The van der Waals surface area contributed by atoms with Gasteiger partial charge in [-0.3, -0.25) is 4.79 Å². The molecule has 1 aromatic rings. The molecule has 0 saturated heterocycles. The predicted octanol–water partition coefficient (Wildman–Crippen LogP) is 2.59. The maximum absolute atomic E-state index is 11.1. The summed E-state index contributed by atoms with van der Waals surface area (Å²) in [6, 6.07) is 7.62. The minimum absolute atomic E-state index is 0.189. The second kappa shape index (κ2) is 5.81. The van der Waals surface area contributed by atoms with Crippen LogP contribution in [-0.2, 0) is 11.2 Å². The molecule has 3 heteroatoms. The summed E-state index contributed by atoms with van der Waals surface area (Å²) in [6.07, 6.45) is 0.484. The van der Waals surface area contributed by atoms with Crippen LogP contribution in [0.2, 0.25) is 0 Å². The van der Waals surface area contributed by atoms with E-state index in [-0.39, 0.29) is 5.78 Å². The first-order valence-electron chi connectivity index (χ1n) is 4.55. The van der Waals surface area contributed by atoms with Gasteiger partial charge < -0.3 is 4.74 Å². The fourth-order valence-corrected chi connectivity index (χ4v) is 1.34. The number of hydrogen-bond donors (Lipinski definition) is 0. The summed E-state index contributed by atoms with van der Waals surface area (Å²) in [5.74, 6) is 1.04. The maximum Gasteiger partial charge on any atom is 0.147 e. The molecular formula is C11H13BrO2. The maximum atomic E-state index is 11.1. The van der Waals surface area contributed by atoms with E-state index in [2.05, 4.69) is 15.9 Å². The molecule has 1 rings (SSSR count). The van der Waals surface area contributed by atoms with Crippen LogP contribution >= 0.6 is 15.9 Å². The second-order valence-corrected chi connectivity index (χ2v) is 3.49. The Bertz CT molecular complexity index is 293. The summed E-state index contributed by atoms with van der Waals surface area (Å²) in [7, 11) is 0. The van der Waals surface area contributed by atoms with Gasteiger partial charge in [-0.25, -0.2) is 0 Å². The molecule has 0 aromatic heterocycles. The first kappa shape index (κ1) is 11.2. The predicted molar refractivity (Wildman–Crippen MR) is 60.1 cm³/mol. The highest BCUT2D eigenvalue weighted by Gasteiger charge is 2.01. The lowest BCUT2D eigenvalue weighted by Gasteiger charge is -2.03. The molecule has 2 nitrogen and oxygen atoms in total. The lowest BCUT2D eigenvalue weighted by atomic mass is 10.1. The fraction of sp³-hybridized carbons (Fsp3) is 0.364. The third kappa shape index (κ3) is 3.50. The van der Waals surface area contributed by atoms with E-state index in [0.717, 1.165) is 11.3 Å². The average Bonchev–Trinajstić information content (AvgIpc) is 2.21. The highest BCUT2D eigenvalue weighted by molar-refractivity contribution is 9.09. The van der Waals surface area contributed by atoms with Crippen molar-refractivity contribution in [1.29, 1.82) is 0 Å². The molecule has 0 atom stereocenters. The van der Waals surface area contributed by atoms with Gasteiger partial charge in [-0.15, -0.1) is 0 Å². The molecule has 0 spiro atoms. The normalized spacial score (nSPS) is 9.86. The van der Waals surface area contributed by atoms with Gasteiger partial charge in [0.2, 0.25) is 0 Å². The van der Waals surface area contributed by atoms with Crippen molar-refractivity contribution >= 4 is 21.7 Å². The van der Waals surface area contributed by atoms with Crippen LogP contribution in [0.5, 0.6) is 5.75 Å². The van der Waals surface area contributed by atoms with E-state index in [1.54, 1.807) is 0 Å². The molecule has 0 heterocycles. The number of rotatable bonds is 5. The average molecular weight is 257 g/mol. The SMILES string of the molecule is CCOc1ccc(CC(=O)CBr)cc1. The highest BCUT2D eigenvalue weighted by Crippen LogP contribution is 2.12. The molecule has 0 saturated carbocycles. The number of halogens is 1. The summed E-state index contributed by atoms with van der Waals surface area (Å²) in [5, 5.41) is 0.417. The first-order valence-corrected chi connectivity index (χ1v) is 5.67. The Morgan fingerprint density at radius 2 is 2.00 bits per heavy atom. The number of benzene rings is 1. The van der Waals surface area contributed by atoms with Crippen LogP contribution in [-0.4, -0.2) is 17.7 Å². The number of carbonyl (C=O) groups is 1. The van der Waals surface area contributed by atoms with Crippen molar-refractivity contribution in [3.05, 3.63) is 29.8 Å². The van der Waals surface area contributed by atoms with Crippen LogP contribution < -0.4 is 4.74 Å². The van der Waals surface area contributed by atoms with Gasteiger partial charge in [-0.2, -0.15) is 0 Å². The Kier molecular flexibility index (Phi) is 4.66. The Morgan fingerprint density at radius 3 is 2.50 bits per heavy atom. The Hall–Kier alpha value is -0.830. The molecule has 0 unspecified atom stereocenters. The number of alkyl halides is 1. The van der Waals surface area contributed by atoms with Crippen molar-refractivity contribution in [3.8, 4) is 5.75 Å². The molecule has 0 aliphatic carbocycles. The van der Waals surface area contributed by atoms with Crippen LogP contribution in [0, 0.1) is 0 Å². The lowest BCUT2D eigenvalue weighted by Crippen LogP contribution is -2.03. The van der Waals surface area contributed by atoms with Gasteiger partial charge in [-0.1, -0.05) is 28.1 Å². The number of Topliss-reactive ketones (excluding diaryl/α,β-unsaturated/α-hetero) is 1. The highest BCUT2D eigenvalue weighted by atomic mass is 79.9. The van der Waals surface area contributed by atoms with Crippen LogP contribution in [0.15, 0.2) is 24.3 Å². The van der Waals surface area contributed by atoms with Crippen LogP contribution in [0.1, 0.15) is 12.5 Å². The minimum atomic E-state index is 0.189. The third-order valence-electron chi connectivity index (χ3n) is 1.78. The molecule has 0 aliphatic heterocycles. The summed E-state index contributed by atoms with van der Waals surface area (Å²) >= 11 is 3.14. The summed E-state index contributed by atoms with van der Waals surface area (Å²) in [6.45, 7) is 2.61. The number of ether oxygens (including phenoxy) is 1. The zero-order valence-corrected chi connectivity index (χ0v) is 9.71. The topological polar surface area (TPSA) is 26.3 Å². The standard InChI is InChI=1S/C11H13BrO2/c1-2-14-11-5-3-9(4-6-11)7-10(13)8-12/h3-6H,2,7-8H2,1H3. The molecule has 0 fully saturated rings. The van der Waals surface area contributed by atoms with Crippen molar-refractivity contribution in [2.75, 3.05) is 11.9 Å². The number of carbonyl (C=O) groups excluding carboxylic acids is 1. The smallest absolute Gasteiger partial charge is 0.147 e. The zero-order chi connectivity index (χ0) is 10.4. The molecule has 14 heavy (non-hydrogen) atoms. The van der Waals surface area contributed by atoms with E-state index < -0.39 is 0 Å². The first-order chi connectivity index (χ1) is 6.76. The molecule has 0 bridgehead atoms. The van der Waals surface area contributed by atoms with E-state index >= 15 is 0 Å². The second-order valence-electron chi connectivity index (χ2n) is 2.93. The summed E-state index contributed by atoms with van der Waals surface area (Å²) in [5.41, 5.74) is 1.03. The lowest BCUT2D eigenvalue weighted by molar-refractivity contribution is -0.115. The van der Waals surface area contributed by atoms with Gasteiger partial charge in [0.15, 0.2) is 0 Å². The van der Waals surface area contributed by atoms with Crippen LogP contribution in [0.4, 0.5) is 0 Å². The van der Waals surface area contributed by atoms with Crippen molar-refractivity contribution in [1.82, 2.24) is 0 Å². The quantitative estimate of drug-likeness (QED) is 0.758. The van der Waals surface area contributed by atoms with Crippen molar-refractivity contribution in [3.63, 3.8) is 0 Å². The minimum Gasteiger partial charge on any atom is -0.494 e. The molecule has 0 amide bonds. The monoisotopic (exact) mass is 256 g/mol. The van der Waals surface area contributed by atoms with Crippen LogP contribution in [0.3, 0.4) is 0 Å². The number of ketones is 1. The van der Waals surface area contributed by atoms with Gasteiger partial charge in [0.05, 0.1) is 11.9 Å². The molecule has 76 valence electrons. The van der Waals surface area contributed by atoms with Gasteiger partial charge >= 0.3 is 0 Å². The molecule has 1 aromatic carbocycles. The Morgan fingerprint density at radius 1 is 1.36 bits per heavy atom. The summed E-state index contributed by atoms with van der Waals surface area (Å²) in [4.78, 5) is 11.1. The molecule has 0 aliphatic rings. The van der Waals surface area contributed by atoms with E-state index in [0.29, 0.717) is 18.4 Å². The van der Waals surface area contributed by atoms with Gasteiger partial charge in [-0.05, 0) is 24.6 Å². The molecule has 0 N–H and O–H groups in total. The zero-order valence-electron chi connectivity index (χ0n) is 8.13. The Balaban J connectivity index is 2.59. The van der Waals surface area contributed by atoms with Gasteiger partial charge in [0, 0.05) is 6.42 Å². The molecule has 0 radical (unpaired) electrons. The van der Waals surface area contributed by atoms with E-state index in [4.69, 9.17) is 4.74 Å². The largest absolute Gasteiger partial charge is 0.494 e. The van der Waals surface area contributed by atoms with E-state index in [1.165, 1.54) is 0 Å². The van der Waals surface area contributed by atoms with Crippen LogP contribution in [0.25, 0.3) is 0 Å².